The molecule has 1 aromatic carbocycles. The fourth-order valence-corrected chi connectivity index (χ4v) is 3.86. The zero-order valence-electron chi connectivity index (χ0n) is 14.1. The number of methoxy groups -OCH3 is 2. The number of carbonyl (C=O) groups excluding carboxylic acids is 1. The maximum atomic E-state index is 12.0. The van der Waals surface area contributed by atoms with Gasteiger partial charge in [0.1, 0.15) is 21.3 Å². The predicted octanol–water partition coefficient (Wildman–Crippen LogP) is 4.50. The van der Waals surface area contributed by atoms with Gasteiger partial charge in [-0.1, -0.05) is 6.07 Å². The molecule has 0 amide bonds. The molecular weight excluding hydrogens is 362 g/mol. The van der Waals surface area contributed by atoms with Crippen LogP contribution in [-0.4, -0.2) is 30.2 Å². The Balaban J connectivity index is 2.18. The number of ether oxygens (including phenoxy) is 2. The molecule has 0 aliphatic rings. The van der Waals surface area contributed by atoms with Gasteiger partial charge in [-0.05, 0) is 48.7 Å². The largest absolute Gasteiger partial charge is 0.495 e. The van der Waals surface area contributed by atoms with Crippen molar-refractivity contribution in [3.05, 3.63) is 39.5 Å². The minimum atomic E-state index is -0.407. The Morgan fingerprint density at radius 3 is 2.68 bits per heavy atom. The molecule has 6 nitrogen and oxygen atoms in total. The molecule has 2 heterocycles. The van der Waals surface area contributed by atoms with Gasteiger partial charge in [-0.2, -0.15) is 4.98 Å². The van der Waals surface area contributed by atoms with Crippen LogP contribution in [0.4, 0.5) is 11.5 Å². The lowest BCUT2D eigenvalue weighted by atomic mass is 10.1. The van der Waals surface area contributed by atoms with Crippen molar-refractivity contribution in [1.82, 2.24) is 9.97 Å². The first-order chi connectivity index (χ1) is 11.9. The summed E-state index contributed by atoms with van der Waals surface area (Å²) in [6, 6.07) is 5.78. The van der Waals surface area contributed by atoms with Crippen molar-refractivity contribution >= 4 is 50.6 Å². The SMILES string of the molecule is COC(=O)c1sc2nc(Cl)nc(Nc3cc(C)ccc3OC)c2c1C. The normalized spacial score (nSPS) is 10.8. The summed E-state index contributed by atoms with van der Waals surface area (Å²) >= 11 is 7.29. The number of esters is 1. The highest BCUT2D eigenvalue weighted by Gasteiger charge is 2.21. The average molecular weight is 378 g/mol. The van der Waals surface area contributed by atoms with Crippen LogP contribution in [0.2, 0.25) is 5.28 Å². The number of nitrogens with zero attached hydrogens (tertiary/aromatic N) is 2. The third-order valence-electron chi connectivity index (χ3n) is 3.74. The van der Waals surface area contributed by atoms with E-state index in [0.717, 1.165) is 22.2 Å². The number of thiophene rings is 1. The van der Waals surface area contributed by atoms with Crippen molar-refractivity contribution in [1.29, 1.82) is 0 Å². The molecule has 25 heavy (non-hydrogen) atoms. The zero-order chi connectivity index (χ0) is 18.1. The van der Waals surface area contributed by atoms with E-state index in [9.17, 15) is 4.79 Å². The molecule has 3 rings (SSSR count). The maximum absolute atomic E-state index is 12.0. The first-order valence-electron chi connectivity index (χ1n) is 7.41. The lowest BCUT2D eigenvalue weighted by Crippen LogP contribution is -2.01. The van der Waals surface area contributed by atoms with E-state index in [2.05, 4.69) is 15.3 Å². The first kappa shape index (κ1) is 17.4. The number of aromatic nitrogens is 2. The summed E-state index contributed by atoms with van der Waals surface area (Å²) in [7, 11) is 2.95. The number of fused-ring (bicyclic) bond motifs is 1. The molecule has 0 saturated carbocycles. The number of hydrogen-bond donors (Lipinski definition) is 1. The number of anilines is 2. The zero-order valence-corrected chi connectivity index (χ0v) is 15.7. The highest BCUT2D eigenvalue weighted by molar-refractivity contribution is 7.20. The van der Waals surface area contributed by atoms with Gasteiger partial charge in [0.05, 0.1) is 25.3 Å². The van der Waals surface area contributed by atoms with E-state index in [-0.39, 0.29) is 5.28 Å². The molecule has 0 fully saturated rings. The van der Waals surface area contributed by atoms with Gasteiger partial charge in [0.2, 0.25) is 5.28 Å². The van der Waals surface area contributed by atoms with Crippen molar-refractivity contribution in [2.75, 3.05) is 19.5 Å². The predicted molar refractivity (Wildman–Crippen MR) is 99.5 cm³/mol. The first-order valence-corrected chi connectivity index (χ1v) is 8.60. The molecule has 0 aliphatic carbocycles. The Labute approximate surface area is 153 Å². The number of carbonyl (C=O) groups is 1. The summed E-state index contributed by atoms with van der Waals surface area (Å²) in [5, 5.41) is 4.08. The van der Waals surface area contributed by atoms with Gasteiger partial charge >= 0.3 is 5.97 Å². The third kappa shape index (κ3) is 3.25. The molecule has 0 bridgehead atoms. The Morgan fingerprint density at radius 2 is 2.00 bits per heavy atom. The van der Waals surface area contributed by atoms with Gasteiger partial charge in [0, 0.05) is 0 Å². The molecule has 0 spiro atoms. The maximum Gasteiger partial charge on any atom is 0.348 e. The lowest BCUT2D eigenvalue weighted by Gasteiger charge is -2.12. The van der Waals surface area contributed by atoms with Gasteiger partial charge in [0.15, 0.2) is 0 Å². The molecule has 0 unspecified atom stereocenters. The quantitative estimate of drug-likeness (QED) is 0.533. The van der Waals surface area contributed by atoms with Crippen LogP contribution in [0.1, 0.15) is 20.8 Å². The number of aryl methyl sites for hydroxylation is 2. The summed E-state index contributed by atoms with van der Waals surface area (Å²) in [5.74, 6) is 0.785. The Hall–Kier alpha value is -2.38. The van der Waals surface area contributed by atoms with E-state index in [1.165, 1.54) is 18.4 Å². The molecule has 3 aromatic rings. The molecule has 0 atom stereocenters. The molecule has 0 aliphatic heterocycles. The minimum Gasteiger partial charge on any atom is -0.495 e. The van der Waals surface area contributed by atoms with E-state index in [0.29, 0.717) is 21.3 Å². The van der Waals surface area contributed by atoms with Crippen LogP contribution in [0.25, 0.3) is 10.2 Å². The van der Waals surface area contributed by atoms with Gasteiger partial charge in [-0.25, -0.2) is 9.78 Å². The Morgan fingerprint density at radius 1 is 1.24 bits per heavy atom. The van der Waals surface area contributed by atoms with Crippen LogP contribution < -0.4 is 10.1 Å². The summed E-state index contributed by atoms with van der Waals surface area (Å²) in [5.41, 5.74) is 2.57. The Kier molecular flexibility index (Phi) is 4.78. The van der Waals surface area contributed by atoms with Gasteiger partial charge in [-0.15, -0.1) is 11.3 Å². The van der Waals surface area contributed by atoms with Crippen molar-refractivity contribution in [3.8, 4) is 5.75 Å². The van der Waals surface area contributed by atoms with Crippen LogP contribution in [0.3, 0.4) is 0 Å². The highest BCUT2D eigenvalue weighted by Crippen LogP contribution is 2.37. The van der Waals surface area contributed by atoms with E-state index < -0.39 is 5.97 Å². The number of hydrogen-bond acceptors (Lipinski definition) is 7. The van der Waals surface area contributed by atoms with Gasteiger partial charge in [0.25, 0.3) is 0 Å². The smallest absolute Gasteiger partial charge is 0.348 e. The van der Waals surface area contributed by atoms with Crippen LogP contribution in [0, 0.1) is 13.8 Å². The van der Waals surface area contributed by atoms with Crippen LogP contribution in [0.15, 0.2) is 18.2 Å². The van der Waals surface area contributed by atoms with Crippen molar-refractivity contribution < 1.29 is 14.3 Å². The van der Waals surface area contributed by atoms with E-state index in [1.807, 2.05) is 32.0 Å². The monoisotopic (exact) mass is 377 g/mol. The Bertz CT molecular complexity index is 971. The molecule has 2 aromatic heterocycles. The average Bonchev–Trinajstić information content (AvgIpc) is 2.91. The molecule has 0 saturated heterocycles. The number of benzene rings is 1. The highest BCUT2D eigenvalue weighted by atomic mass is 35.5. The van der Waals surface area contributed by atoms with Crippen LogP contribution in [-0.2, 0) is 4.74 Å². The lowest BCUT2D eigenvalue weighted by molar-refractivity contribution is 0.0605. The summed E-state index contributed by atoms with van der Waals surface area (Å²) in [6.45, 7) is 3.82. The standard InChI is InChI=1S/C17H16ClN3O3S/c1-8-5-6-11(23-3)10(7-8)19-14-12-9(2)13(16(22)24-4)25-15(12)21-17(18)20-14/h5-7H,1-4H3,(H,19,20,21). The van der Waals surface area contributed by atoms with Crippen molar-refractivity contribution in [2.24, 2.45) is 0 Å². The van der Waals surface area contributed by atoms with Gasteiger partial charge < -0.3 is 14.8 Å². The van der Waals surface area contributed by atoms with Crippen molar-refractivity contribution in [2.45, 2.75) is 13.8 Å². The second-order valence-corrected chi connectivity index (χ2v) is 6.74. The molecule has 1 N–H and O–H groups in total. The number of halogens is 1. The second kappa shape index (κ2) is 6.85. The van der Waals surface area contributed by atoms with Crippen molar-refractivity contribution in [3.63, 3.8) is 0 Å². The number of nitrogens with one attached hydrogen (secondary N) is 1. The van der Waals surface area contributed by atoms with E-state index >= 15 is 0 Å². The molecular formula is C17H16ClN3O3S. The molecule has 130 valence electrons. The fourth-order valence-electron chi connectivity index (χ4n) is 2.54. The molecule has 0 radical (unpaired) electrons. The summed E-state index contributed by atoms with van der Waals surface area (Å²) in [6.07, 6.45) is 0. The van der Waals surface area contributed by atoms with E-state index in [1.54, 1.807) is 7.11 Å². The van der Waals surface area contributed by atoms with Crippen LogP contribution in [0.5, 0.6) is 5.75 Å². The van der Waals surface area contributed by atoms with Gasteiger partial charge in [-0.3, -0.25) is 0 Å². The second-order valence-electron chi connectivity index (χ2n) is 5.40. The summed E-state index contributed by atoms with van der Waals surface area (Å²) < 4.78 is 10.2. The molecule has 8 heteroatoms. The fraction of sp³-hybridized carbons (Fsp3) is 0.235. The minimum absolute atomic E-state index is 0.0966. The van der Waals surface area contributed by atoms with E-state index in [4.69, 9.17) is 21.1 Å². The van der Waals surface area contributed by atoms with Crippen LogP contribution >= 0.6 is 22.9 Å². The number of rotatable bonds is 4. The third-order valence-corrected chi connectivity index (χ3v) is 5.08. The topological polar surface area (TPSA) is 73.3 Å². The summed E-state index contributed by atoms with van der Waals surface area (Å²) in [4.78, 5) is 21.6.